The van der Waals surface area contributed by atoms with E-state index in [1.54, 1.807) is 11.0 Å². The summed E-state index contributed by atoms with van der Waals surface area (Å²) in [5, 5.41) is 9.11. The Kier molecular flexibility index (Phi) is 8.83. The maximum Gasteiger partial charge on any atom is 0.264 e. The van der Waals surface area contributed by atoms with Crippen LogP contribution in [0.2, 0.25) is 0 Å². The number of nitrogens with zero attached hydrogens (tertiary/aromatic N) is 2. The molecule has 1 saturated heterocycles. The van der Waals surface area contributed by atoms with Crippen LogP contribution in [-0.4, -0.2) is 35.8 Å². The minimum atomic E-state index is -0.590. The van der Waals surface area contributed by atoms with E-state index in [-0.39, 0.29) is 11.9 Å². The fraction of sp³-hybridized carbons (Fsp3) is 0.591. The molecule has 1 fully saturated rings. The molecule has 146 valence electrons. The maximum atomic E-state index is 13.0. The predicted octanol–water partition coefficient (Wildman–Crippen LogP) is 4.22. The second kappa shape index (κ2) is 11.4. The first-order chi connectivity index (χ1) is 13.2. The zero-order chi connectivity index (χ0) is 19.5. The molecule has 2 unspecified atom stereocenters. The summed E-state index contributed by atoms with van der Waals surface area (Å²) < 4.78 is 6.03. The maximum absolute atomic E-state index is 13.0. The van der Waals surface area contributed by atoms with Gasteiger partial charge in [0.25, 0.3) is 5.91 Å². The van der Waals surface area contributed by atoms with Crippen LogP contribution in [0.15, 0.2) is 35.6 Å². The van der Waals surface area contributed by atoms with Gasteiger partial charge < -0.3 is 14.4 Å². The fourth-order valence-electron chi connectivity index (χ4n) is 3.57. The normalized spacial score (nSPS) is 20.7. The number of amides is 1. The zero-order valence-electron chi connectivity index (χ0n) is 16.2. The Hall–Kier alpha value is -2.35. The van der Waals surface area contributed by atoms with Gasteiger partial charge in [0.2, 0.25) is 0 Å². The molecule has 2 aliphatic rings. The molecule has 2 rings (SSSR count). The number of carbonyl (C=O) groups excluding carboxylic acids is 2. The molecule has 0 N–H and O–H groups in total. The average molecular weight is 370 g/mol. The molecule has 0 aromatic rings. The summed E-state index contributed by atoms with van der Waals surface area (Å²) in [5.74, 6) is 0.503. The lowest BCUT2D eigenvalue weighted by Crippen LogP contribution is -2.43. The van der Waals surface area contributed by atoms with E-state index in [9.17, 15) is 9.59 Å². The second-order valence-corrected chi connectivity index (χ2v) is 7.12. The van der Waals surface area contributed by atoms with Crippen molar-refractivity contribution in [2.45, 2.75) is 76.9 Å². The summed E-state index contributed by atoms with van der Waals surface area (Å²) in [4.78, 5) is 26.0. The number of likely N-dealkylation sites (tertiary alicyclic amines) is 1. The zero-order valence-corrected chi connectivity index (χ0v) is 16.2. The van der Waals surface area contributed by atoms with E-state index in [1.807, 2.05) is 13.0 Å². The smallest absolute Gasteiger partial charge is 0.264 e. The van der Waals surface area contributed by atoms with Crippen molar-refractivity contribution in [2.75, 3.05) is 6.54 Å². The van der Waals surface area contributed by atoms with E-state index >= 15 is 0 Å². The van der Waals surface area contributed by atoms with Crippen LogP contribution in [0.4, 0.5) is 0 Å². The number of hydrogen-bond acceptors (Lipinski definition) is 4. The van der Waals surface area contributed by atoms with Gasteiger partial charge in [0.05, 0.1) is 12.1 Å². The van der Waals surface area contributed by atoms with Gasteiger partial charge in [-0.1, -0.05) is 18.6 Å². The van der Waals surface area contributed by atoms with Gasteiger partial charge >= 0.3 is 0 Å². The van der Waals surface area contributed by atoms with Crippen LogP contribution in [0.25, 0.3) is 0 Å². The van der Waals surface area contributed by atoms with Crippen LogP contribution < -0.4 is 0 Å². The molecule has 1 aliphatic carbocycles. The van der Waals surface area contributed by atoms with Gasteiger partial charge in [-0.25, -0.2) is 0 Å². The Bertz CT molecular complexity index is 642. The van der Waals surface area contributed by atoms with Crippen molar-refractivity contribution in [3.05, 3.63) is 35.6 Å². The Morgan fingerprint density at radius 3 is 3.04 bits per heavy atom. The second-order valence-electron chi connectivity index (χ2n) is 7.12. The van der Waals surface area contributed by atoms with Crippen molar-refractivity contribution in [3.8, 4) is 6.07 Å². The van der Waals surface area contributed by atoms with E-state index in [4.69, 9.17) is 10.00 Å². The van der Waals surface area contributed by atoms with E-state index < -0.39 is 6.10 Å². The summed E-state index contributed by atoms with van der Waals surface area (Å²) in [7, 11) is 0. The van der Waals surface area contributed by atoms with Crippen molar-refractivity contribution in [1.82, 2.24) is 4.90 Å². The Balaban J connectivity index is 2.00. The summed E-state index contributed by atoms with van der Waals surface area (Å²) >= 11 is 0. The lowest BCUT2D eigenvalue weighted by Gasteiger charge is -2.27. The molecule has 0 spiro atoms. The standard InChI is InChI=1S/C22H30N2O3/c1-2-3-4-5-6-7-13-21(22(26)24-14-9-11-19(24)17-25)27-20-12-8-10-18(15-20)16-23/h2-3,12,15,17,19,21H,4-11,13-14H2,1H3/b3-2-. The Labute approximate surface area is 162 Å². The molecule has 2 atom stereocenters. The molecule has 1 aliphatic heterocycles. The third kappa shape index (κ3) is 6.39. The first-order valence-electron chi connectivity index (χ1n) is 10.0. The number of ether oxygens (including phenoxy) is 1. The quantitative estimate of drug-likeness (QED) is 0.328. The van der Waals surface area contributed by atoms with Crippen molar-refractivity contribution in [2.24, 2.45) is 0 Å². The van der Waals surface area contributed by atoms with Gasteiger partial charge in [-0.3, -0.25) is 4.79 Å². The van der Waals surface area contributed by atoms with Crippen LogP contribution >= 0.6 is 0 Å². The van der Waals surface area contributed by atoms with E-state index in [0.29, 0.717) is 30.7 Å². The largest absolute Gasteiger partial charge is 0.481 e. The molecular weight excluding hydrogens is 340 g/mol. The van der Waals surface area contributed by atoms with Gasteiger partial charge in [-0.2, -0.15) is 5.26 Å². The van der Waals surface area contributed by atoms with Crippen molar-refractivity contribution >= 4 is 12.2 Å². The van der Waals surface area contributed by atoms with Gasteiger partial charge in [0.15, 0.2) is 6.10 Å². The van der Waals surface area contributed by atoms with Crippen LogP contribution in [-0.2, 0) is 14.3 Å². The van der Waals surface area contributed by atoms with E-state index in [0.717, 1.165) is 51.2 Å². The minimum absolute atomic E-state index is 0.101. The Morgan fingerprint density at radius 2 is 2.30 bits per heavy atom. The number of rotatable bonds is 10. The van der Waals surface area contributed by atoms with Crippen molar-refractivity contribution < 1.29 is 14.3 Å². The third-order valence-electron chi connectivity index (χ3n) is 5.09. The highest BCUT2D eigenvalue weighted by atomic mass is 16.5. The molecule has 0 aromatic heterocycles. The third-order valence-corrected chi connectivity index (χ3v) is 5.09. The van der Waals surface area contributed by atoms with Gasteiger partial charge in [0.1, 0.15) is 12.0 Å². The molecule has 1 amide bonds. The molecule has 5 nitrogen and oxygen atoms in total. The van der Waals surface area contributed by atoms with Crippen LogP contribution in [0, 0.1) is 11.3 Å². The first-order valence-corrected chi connectivity index (χ1v) is 10.0. The summed E-state index contributed by atoms with van der Waals surface area (Å²) in [5.41, 5.74) is 0.678. The predicted molar refractivity (Wildman–Crippen MR) is 105 cm³/mol. The minimum Gasteiger partial charge on any atom is -0.481 e. The Morgan fingerprint density at radius 1 is 1.44 bits per heavy atom. The van der Waals surface area contributed by atoms with Crippen molar-refractivity contribution in [1.29, 1.82) is 5.26 Å². The molecule has 0 bridgehead atoms. The van der Waals surface area contributed by atoms with Crippen LogP contribution in [0.1, 0.15) is 64.7 Å². The number of unbranched alkanes of at least 4 members (excludes halogenated alkanes) is 3. The molecule has 1 heterocycles. The van der Waals surface area contributed by atoms with Gasteiger partial charge in [-0.15, -0.1) is 0 Å². The van der Waals surface area contributed by atoms with E-state index in [1.165, 1.54) is 0 Å². The number of hydrogen-bond donors (Lipinski definition) is 0. The lowest BCUT2D eigenvalue weighted by atomic mass is 10.0. The highest BCUT2D eigenvalue weighted by Crippen LogP contribution is 2.24. The van der Waals surface area contributed by atoms with E-state index in [2.05, 4.69) is 18.2 Å². The molecule has 27 heavy (non-hydrogen) atoms. The number of allylic oxidation sites excluding steroid dienone is 5. The summed E-state index contributed by atoms with van der Waals surface area (Å²) in [6.07, 6.45) is 15.9. The molecule has 0 aromatic carbocycles. The lowest BCUT2D eigenvalue weighted by molar-refractivity contribution is -0.144. The number of nitriles is 1. The topological polar surface area (TPSA) is 70.4 Å². The monoisotopic (exact) mass is 370 g/mol. The summed E-state index contributed by atoms with van der Waals surface area (Å²) in [6.45, 7) is 2.63. The molecule has 5 heteroatoms. The molecule has 0 saturated carbocycles. The van der Waals surface area contributed by atoms with Gasteiger partial charge in [-0.05, 0) is 70.4 Å². The fourth-order valence-corrected chi connectivity index (χ4v) is 3.57. The number of carbonyl (C=O) groups is 2. The first kappa shape index (κ1) is 21.0. The summed E-state index contributed by atoms with van der Waals surface area (Å²) in [6, 6.07) is 1.84. The van der Waals surface area contributed by atoms with Crippen molar-refractivity contribution in [3.63, 3.8) is 0 Å². The average Bonchev–Trinajstić information content (AvgIpc) is 3.18. The molecule has 0 radical (unpaired) electrons. The highest BCUT2D eigenvalue weighted by Gasteiger charge is 2.34. The SMILES string of the molecule is C/C=C\CCCCCC(OC1=CCCC(C#N)=C1)C(=O)N1CCCC1C=O. The van der Waals surface area contributed by atoms with Crippen LogP contribution in [0.3, 0.4) is 0 Å². The molecular formula is C22H30N2O3. The number of aldehydes is 1. The highest BCUT2D eigenvalue weighted by molar-refractivity contribution is 5.84. The van der Waals surface area contributed by atoms with Crippen LogP contribution in [0.5, 0.6) is 0 Å². The van der Waals surface area contributed by atoms with Gasteiger partial charge in [0, 0.05) is 12.1 Å².